The first-order valence-electron chi connectivity index (χ1n) is 6.61. The van der Waals surface area contributed by atoms with Crippen LogP contribution < -0.4 is 0 Å². The Hall–Kier alpha value is -1.27. The molecule has 5 nitrogen and oxygen atoms in total. The van der Waals surface area contributed by atoms with E-state index in [2.05, 4.69) is 15.9 Å². The molecular formula is C14H14BrNO4. The topological polar surface area (TPSA) is 80.4 Å². The van der Waals surface area contributed by atoms with Crippen molar-refractivity contribution in [2.24, 2.45) is 5.92 Å². The van der Waals surface area contributed by atoms with E-state index in [-0.39, 0.29) is 12.2 Å². The molecule has 20 heavy (non-hydrogen) atoms. The highest BCUT2D eigenvalue weighted by Crippen LogP contribution is 2.51. The number of Topliss-reactive ketones (excluding diaryl/α,β-unsaturated/α-hetero) is 1. The number of rotatable bonds is 2. The number of hydrogen-bond donors (Lipinski definition) is 1. The quantitative estimate of drug-likeness (QED) is 0.662. The molecule has 3 rings (SSSR count). The van der Waals surface area contributed by atoms with Crippen molar-refractivity contribution in [2.75, 3.05) is 0 Å². The fourth-order valence-corrected chi connectivity index (χ4v) is 3.99. The van der Waals surface area contributed by atoms with E-state index < -0.39 is 28.4 Å². The third kappa shape index (κ3) is 1.82. The molecule has 2 aliphatic rings. The van der Waals surface area contributed by atoms with Gasteiger partial charge in [-0.2, -0.15) is 0 Å². The summed E-state index contributed by atoms with van der Waals surface area (Å²) in [6.45, 7) is 0. The van der Waals surface area contributed by atoms with Crippen LogP contribution in [0.3, 0.4) is 0 Å². The molecule has 2 fully saturated rings. The molecule has 4 atom stereocenters. The zero-order valence-electron chi connectivity index (χ0n) is 10.7. The van der Waals surface area contributed by atoms with E-state index >= 15 is 0 Å². The van der Waals surface area contributed by atoms with Gasteiger partial charge in [-0.15, -0.1) is 0 Å². The van der Waals surface area contributed by atoms with Crippen LogP contribution in [0.25, 0.3) is 0 Å². The molecule has 106 valence electrons. The predicted molar refractivity (Wildman–Crippen MR) is 75.0 cm³/mol. The van der Waals surface area contributed by atoms with Crippen LogP contribution in [-0.4, -0.2) is 27.5 Å². The number of carbonyl (C=O) groups is 1. The molecule has 0 spiro atoms. The lowest BCUT2D eigenvalue weighted by molar-refractivity contribution is -0.542. The van der Waals surface area contributed by atoms with Crippen LogP contribution in [0, 0.1) is 16.0 Å². The van der Waals surface area contributed by atoms with Gasteiger partial charge in [0.25, 0.3) is 6.04 Å². The minimum Gasteiger partial charge on any atom is -0.376 e. The number of hydrogen-bond acceptors (Lipinski definition) is 4. The monoisotopic (exact) mass is 339 g/mol. The third-order valence-corrected chi connectivity index (χ3v) is 5.11. The summed E-state index contributed by atoms with van der Waals surface area (Å²) in [6, 6.07) is 5.97. The average molecular weight is 340 g/mol. The molecule has 2 bridgehead atoms. The summed E-state index contributed by atoms with van der Waals surface area (Å²) in [5, 5.41) is 21.9. The molecule has 6 heteroatoms. The smallest absolute Gasteiger partial charge is 0.255 e. The number of ketones is 1. The molecule has 0 heterocycles. The van der Waals surface area contributed by atoms with Crippen LogP contribution in [0.4, 0.5) is 0 Å². The highest BCUT2D eigenvalue weighted by molar-refractivity contribution is 9.10. The van der Waals surface area contributed by atoms with Gasteiger partial charge >= 0.3 is 0 Å². The normalized spacial score (nSPS) is 36.1. The summed E-state index contributed by atoms with van der Waals surface area (Å²) in [5.41, 5.74) is -1.03. The Balaban J connectivity index is 2.10. The average Bonchev–Trinajstić information content (AvgIpc) is 2.54. The largest absolute Gasteiger partial charge is 0.376 e. The van der Waals surface area contributed by atoms with E-state index in [9.17, 15) is 20.0 Å². The number of carbonyl (C=O) groups excluding carboxylic acids is 1. The molecule has 1 aromatic rings. The second-order valence-corrected chi connectivity index (χ2v) is 6.51. The van der Waals surface area contributed by atoms with Gasteiger partial charge in [0, 0.05) is 15.3 Å². The lowest BCUT2D eigenvalue weighted by atomic mass is 9.82. The fourth-order valence-electron chi connectivity index (χ4n) is 3.73. The number of aliphatic hydroxyl groups is 1. The predicted octanol–water partition coefficient (Wildman–Crippen LogP) is 2.29. The third-order valence-electron chi connectivity index (χ3n) is 4.58. The first-order valence-corrected chi connectivity index (χ1v) is 7.40. The van der Waals surface area contributed by atoms with Gasteiger partial charge in [-0.25, -0.2) is 0 Å². The van der Waals surface area contributed by atoms with E-state index in [0.29, 0.717) is 12.8 Å². The molecule has 0 aromatic heterocycles. The van der Waals surface area contributed by atoms with E-state index in [1.807, 2.05) is 12.1 Å². The van der Waals surface area contributed by atoms with Gasteiger partial charge in [0.2, 0.25) is 0 Å². The van der Waals surface area contributed by atoms with E-state index in [1.165, 1.54) is 0 Å². The lowest BCUT2D eigenvalue weighted by Gasteiger charge is -2.25. The molecule has 1 aromatic carbocycles. The molecular weight excluding hydrogens is 326 g/mol. The Labute approximate surface area is 124 Å². The first-order chi connectivity index (χ1) is 9.45. The minimum atomic E-state index is -1.79. The van der Waals surface area contributed by atoms with Gasteiger partial charge in [-0.05, 0) is 37.0 Å². The maximum Gasteiger partial charge on any atom is 0.255 e. The van der Waals surface area contributed by atoms with Crippen molar-refractivity contribution >= 4 is 21.7 Å². The standard InChI is InChI=1S/C14H14BrNO4/c15-9-5-3-8(4-6-9)11-10-2-1-7-14(18,13(10)17)12(11)16(19)20/h3-6,10-12,18H,1-2,7H2/t10-,11-,12-,14-/m0/s1. The Kier molecular flexibility index (Phi) is 3.17. The Morgan fingerprint density at radius 3 is 2.60 bits per heavy atom. The molecule has 0 unspecified atom stereocenters. The molecule has 0 radical (unpaired) electrons. The molecule has 2 saturated carbocycles. The summed E-state index contributed by atoms with van der Waals surface area (Å²) >= 11 is 3.33. The van der Waals surface area contributed by atoms with Crippen molar-refractivity contribution in [1.82, 2.24) is 0 Å². The van der Waals surface area contributed by atoms with Gasteiger partial charge < -0.3 is 5.11 Å². The number of benzene rings is 1. The van der Waals surface area contributed by atoms with Crippen LogP contribution in [-0.2, 0) is 4.79 Å². The summed E-state index contributed by atoms with van der Waals surface area (Å²) < 4.78 is 0.880. The van der Waals surface area contributed by atoms with Crippen LogP contribution in [0.5, 0.6) is 0 Å². The lowest BCUT2D eigenvalue weighted by Crippen LogP contribution is -2.49. The van der Waals surface area contributed by atoms with Crippen molar-refractivity contribution in [2.45, 2.75) is 36.8 Å². The van der Waals surface area contributed by atoms with Gasteiger partial charge in [-0.1, -0.05) is 28.1 Å². The highest BCUT2D eigenvalue weighted by Gasteiger charge is 2.67. The Bertz CT molecular complexity index is 573. The van der Waals surface area contributed by atoms with Gasteiger partial charge in [0.1, 0.15) is 0 Å². The SMILES string of the molecule is O=C1[C@H]2CCC[C@]1(O)[C@@H]([N+](=O)[O-])[C@H]2c1ccc(Br)cc1. The summed E-state index contributed by atoms with van der Waals surface area (Å²) in [6.07, 6.45) is 1.47. The van der Waals surface area contributed by atoms with Crippen LogP contribution in [0.15, 0.2) is 28.7 Å². The number of halogens is 1. The van der Waals surface area contributed by atoms with Crippen LogP contribution in [0.1, 0.15) is 30.7 Å². The van der Waals surface area contributed by atoms with Crippen molar-refractivity contribution in [3.63, 3.8) is 0 Å². The molecule has 1 N–H and O–H groups in total. The van der Waals surface area contributed by atoms with Crippen molar-refractivity contribution in [3.05, 3.63) is 44.4 Å². The van der Waals surface area contributed by atoms with Gasteiger partial charge in [-0.3, -0.25) is 14.9 Å². The van der Waals surface area contributed by atoms with E-state index in [4.69, 9.17) is 0 Å². The van der Waals surface area contributed by atoms with Crippen LogP contribution in [0.2, 0.25) is 0 Å². The molecule has 0 aliphatic heterocycles. The fraction of sp³-hybridized carbons (Fsp3) is 0.500. The molecule has 0 amide bonds. The Morgan fingerprint density at radius 2 is 2.00 bits per heavy atom. The number of nitro groups is 1. The van der Waals surface area contributed by atoms with E-state index in [0.717, 1.165) is 10.0 Å². The molecule has 0 saturated heterocycles. The second kappa shape index (κ2) is 4.63. The zero-order valence-corrected chi connectivity index (χ0v) is 12.2. The first kappa shape index (κ1) is 13.7. The van der Waals surface area contributed by atoms with E-state index in [1.54, 1.807) is 12.1 Å². The van der Waals surface area contributed by atoms with Crippen molar-refractivity contribution < 1.29 is 14.8 Å². The van der Waals surface area contributed by atoms with Crippen molar-refractivity contribution in [1.29, 1.82) is 0 Å². The summed E-state index contributed by atoms with van der Waals surface area (Å²) in [7, 11) is 0. The number of nitrogens with zero attached hydrogens (tertiary/aromatic N) is 1. The van der Waals surface area contributed by atoms with Gasteiger partial charge in [0.15, 0.2) is 11.4 Å². The second-order valence-electron chi connectivity index (χ2n) is 5.59. The highest BCUT2D eigenvalue weighted by atomic mass is 79.9. The Morgan fingerprint density at radius 1 is 1.35 bits per heavy atom. The molecule has 2 aliphatic carbocycles. The maximum absolute atomic E-state index is 12.3. The maximum atomic E-state index is 12.3. The van der Waals surface area contributed by atoms with Crippen LogP contribution >= 0.6 is 15.9 Å². The summed E-state index contributed by atoms with van der Waals surface area (Å²) in [4.78, 5) is 23.3. The van der Waals surface area contributed by atoms with Gasteiger partial charge in [0.05, 0.1) is 5.92 Å². The minimum absolute atomic E-state index is 0.195. The number of fused-ring (bicyclic) bond motifs is 2. The summed E-state index contributed by atoms with van der Waals surface area (Å²) in [5.74, 6) is -1.32. The van der Waals surface area contributed by atoms with Crippen molar-refractivity contribution in [3.8, 4) is 0 Å². The zero-order chi connectivity index (χ0) is 14.5.